The number of ether oxygens (including phenoxy) is 1. The van der Waals surface area contributed by atoms with E-state index < -0.39 is 11.9 Å². The van der Waals surface area contributed by atoms with Gasteiger partial charge in [-0.1, -0.05) is 24.3 Å². The average Bonchev–Trinajstić information content (AvgIpc) is 3.09. The van der Waals surface area contributed by atoms with Gasteiger partial charge in [0.05, 0.1) is 13.2 Å². The highest BCUT2D eigenvalue weighted by molar-refractivity contribution is 5.86. The van der Waals surface area contributed by atoms with Gasteiger partial charge >= 0.3 is 0 Å². The number of methoxy groups -OCH3 is 1. The van der Waals surface area contributed by atoms with Crippen LogP contribution in [0.25, 0.3) is 10.9 Å². The molecule has 6 heteroatoms. The first kappa shape index (κ1) is 18.9. The Morgan fingerprint density at radius 1 is 1.26 bits per heavy atom. The predicted molar refractivity (Wildman–Crippen MR) is 104 cm³/mol. The summed E-state index contributed by atoms with van der Waals surface area (Å²) >= 11 is 0. The lowest BCUT2D eigenvalue weighted by Gasteiger charge is -2.23. The Labute approximate surface area is 157 Å². The highest BCUT2D eigenvalue weighted by Gasteiger charge is 2.22. The third kappa shape index (κ3) is 4.11. The second kappa shape index (κ2) is 8.22. The maximum atomic E-state index is 14.0. The first-order chi connectivity index (χ1) is 13.0. The van der Waals surface area contributed by atoms with Crippen LogP contribution in [0.1, 0.15) is 24.1 Å². The lowest BCUT2D eigenvalue weighted by atomic mass is 10.0. The topological polar surface area (TPSA) is 66.2 Å². The Kier molecular flexibility index (Phi) is 5.76. The van der Waals surface area contributed by atoms with Crippen molar-refractivity contribution < 1.29 is 13.9 Å². The largest absolute Gasteiger partial charge is 0.494 e. The number of nitrogens with one attached hydrogen (secondary N) is 3. The van der Waals surface area contributed by atoms with Crippen LogP contribution >= 0.6 is 0 Å². The van der Waals surface area contributed by atoms with E-state index in [2.05, 4.69) is 15.6 Å². The quantitative estimate of drug-likeness (QED) is 0.599. The first-order valence-electron chi connectivity index (χ1n) is 8.89. The van der Waals surface area contributed by atoms with Crippen LogP contribution in [-0.2, 0) is 11.2 Å². The zero-order valence-electron chi connectivity index (χ0n) is 15.7. The number of carbonyl (C=O) groups excluding carboxylic acids is 1. The number of aromatic nitrogens is 1. The summed E-state index contributed by atoms with van der Waals surface area (Å²) in [6.45, 7) is 1.91. The number of carbonyl (C=O) groups is 1. The Hall–Kier alpha value is -2.86. The summed E-state index contributed by atoms with van der Waals surface area (Å²) in [5.41, 5.74) is 2.84. The van der Waals surface area contributed by atoms with Crippen LogP contribution < -0.4 is 15.4 Å². The number of aromatic amines is 1. The summed E-state index contributed by atoms with van der Waals surface area (Å²) in [4.78, 5) is 15.7. The number of para-hydroxylation sites is 1. The summed E-state index contributed by atoms with van der Waals surface area (Å²) < 4.78 is 19.0. The van der Waals surface area contributed by atoms with E-state index in [1.165, 1.54) is 13.2 Å². The molecule has 142 valence electrons. The highest BCUT2D eigenvalue weighted by atomic mass is 19.1. The number of halogens is 1. The molecule has 1 aromatic heterocycles. The van der Waals surface area contributed by atoms with Crippen molar-refractivity contribution in [3.8, 4) is 5.75 Å². The van der Waals surface area contributed by atoms with Crippen molar-refractivity contribution in [1.82, 2.24) is 15.6 Å². The summed E-state index contributed by atoms with van der Waals surface area (Å²) in [7, 11) is 3.05. The number of H-pyrrole nitrogens is 1. The summed E-state index contributed by atoms with van der Waals surface area (Å²) in [6.07, 6.45) is 2.45. The minimum atomic E-state index is -0.450. The molecular weight excluding hydrogens is 345 g/mol. The van der Waals surface area contributed by atoms with Crippen LogP contribution in [0.5, 0.6) is 5.75 Å². The number of benzene rings is 2. The van der Waals surface area contributed by atoms with Gasteiger partial charge in [0.25, 0.3) is 0 Å². The molecule has 0 aliphatic heterocycles. The molecule has 1 unspecified atom stereocenters. The van der Waals surface area contributed by atoms with Crippen molar-refractivity contribution >= 4 is 16.8 Å². The molecular formula is C21H24FN3O2. The Morgan fingerprint density at radius 3 is 2.74 bits per heavy atom. The van der Waals surface area contributed by atoms with Gasteiger partial charge < -0.3 is 15.0 Å². The number of hydrogen-bond acceptors (Lipinski definition) is 3. The third-order valence-corrected chi connectivity index (χ3v) is 4.79. The van der Waals surface area contributed by atoms with E-state index in [1.807, 2.05) is 37.4 Å². The van der Waals surface area contributed by atoms with E-state index in [0.29, 0.717) is 6.42 Å². The number of fused-ring (bicyclic) bond motifs is 1. The van der Waals surface area contributed by atoms with Gasteiger partial charge in [0.1, 0.15) is 0 Å². The number of hydrogen-bond donors (Lipinski definition) is 3. The van der Waals surface area contributed by atoms with Gasteiger partial charge in [0.15, 0.2) is 11.6 Å². The molecule has 1 heterocycles. The number of rotatable bonds is 7. The van der Waals surface area contributed by atoms with Crippen molar-refractivity contribution in [2.75, 3.05) is 14.2 Å². The molecule has 2 aromatic carbocycles. The zero-order valence-corrected chi connectivity index (χ0v) is 15.7. The average molecular weight is 369 g/mol. The standard InChI is InChI=1S/C21H24FN3O2/c1-13(14-8-9-20(27-3)17(22)10-14)25-19(21(26)23-2)11-15-12-24-18-7-5-4-6-16(15)18/h4-10,12-13,19,24-25H,11H2,1-3H3,(H,23,26)/t13?,19-/m0/s1. The SMILES string of the molecule is CNC(=O)[C@H](Cc1c[nH]c2ccccc12)NC(C)c1ccc(OC)c(F)c1. The van der Waals surface area contributed by atoms with Gasteiger partial charge in [-0.2, -0.15) is 0 Å². The van der Waals surface area contributed by atoms with Gasteiger partial charge in [-0.15, -0.1) is 0 Å². The smallest absolute Gasteiger partial charge is 0.237 e. The Bertz CT molecular complexity index is 938. The fourth-order valence-electron chi connectivity index (χ4n) is 3.27. The maximum absolute atomic E-state index is 14.0. The van der Waals surface area contributed by atoms with Crippen molar-refractivity contribution in [2.24, 2.45) is 0 Å². The molecule has 3 rings (SSSR count). The molecule has 5 nitrogen and oxygen atoms in total. The molecule has 0 aliphatic rings. The molecule has 0 spiro atoms. The van der Waals surface area contributed by atoms with E-state index in [9.17, 15) is 9.18 Å². The van der Waals surface area contributed by atoms with Gasteiger partial charge in [-0.25, -0.2) is 4.39 Å². The Morgan fingerprint density at radius 2 is 2.04 bits per heavy atom. The van der Waals surface area contributed by atoms with Crippen molar-refractivity contribution in [1.29, 1.82) is 0 Å². The highest BCUT2D eigenvalue weighted by Crippen LogP contribution is 2.23. The first-order valence-corrected chi connectivity index (χ1v) is 8.89. The summed E-state index contributed by atoms with van der Waals surface area (Å²) in [6, 6.07) is 12.1. The van der Waals surface area contributed by atoms with E-state index in [4.69, 9.17) is 4.74 Å². The normalized spacial score (nSPS) is 13.3. The van der Waals surface area contributed by atoms with Gasteiger partial charge in [-0.3, -0.25) is 10.1 Å². The van der Waals surface area contributed by atoms with E-state index in [1.54, 1.807) is 19.2 Å². The van der Waals surface area contributed by atoms with Crippen LogP contribution in [-0.4, -0.2) is 31.1 Å². The molecule has 3 aromatic rings. The Balaban J connectivity index is 1.80. The number of amides is 1. The van der Waals surface area contributed by atoms with Crippen molar-refractivity contribution in [3.05, 3.63) is 65.6 Å². The van der Waals surface area contributed by atoms with Crippen LogP contribution in [0, 0.1) is 5.82 Å². The lowest BCUT2D eigenvalue weighted by Crippen LogP contribution is -2.45. The predicted octanol–water partition coefficient (Wildman–Crippen LogP) is 3.32. The molecule has 2 atom stereocenters. The van der Waals surface area contributed by atoms with Crippen LogP contribution in [0.2, 0.25) is 0 Å². The zero-order chi connectivity index (χ0) is 19.4. The van der Waals surface area contributed by atoms with E-state index in [0.717, 1.165) is 22.0 Å². The molecule has 0 radical (unpaired) electrons. The van der Waals surface area contributed by atoms with Crippen LogP contribution in [0.3, 0.4) is 0 Å². The summed E-state index contributed by atoms with van der Waals surface area (Å²) in [5, 5.41) is 7.12. The second-order valence-electron chi connectivity index (χ2n) is 6.51. The second-order valence-corrected chi connectivity index (χ2v) is 6.51. The maximum Gasteiger partial charge on any atom is 0.237 e. The summed E-state index contributed by atoms with van der Waals surface area (Å²) in [5.74, 6) is -0.328. The monoisotopic (exact) mass is 369 g/mol. The van der Waals surface area contributed by atoms with E-state index >= 15 is 0 Å². The number of likely N-dealkylation sites (N-methyl/N-ethyl adjacent to an activating group) is 1. The molecule has 0 saturated carbocycles. The fraction of sp³-hybridized carbons (Fsp3) is 0.286. The molecule has 0 aliphatic carbocycles. The van der Waals surface area contributed by atoms with Gasteiger partial charge in [0, 0.05) is 30.2 Å². The molecule has 0 fully saturated rings. The lowest BCUT2D eigenvalue weighted by molar-refractivity contribution is -0.122. The molecule has 27 heavy (non-hydrogen) atoms. The fourth-order valence-corrected chi connectivity index (χ4v) is 3.27. The molecule has 0 bridgehead atoms. The molecule has 0 saturated heterocycles. The van der Waals surface area contributed by atoms with Crippen molar-refractivity contribution in [3.63, 3.8) is 0 Å². The molecule has 3 N–H and O–H groups in total. The minimum Gasteiger partial charge on any atom is -0.494 e. The minimum absolute atomic E-state index is 0.110. The van der Waals surface area contributed by atoms with Crippen LogP contribution in [0.4, 0.5) is 4.39 Å². The molecule has 1 amide bonds. The van der Waals surface area contributed by atoms with E-state index in [-0.39, 0.29) is 17.7 Å². The third-order valence-electron chi connectivity index (χ3n) is 4.79. The van der Waals surface area contributed by atoms with Gasteiger partial charge in [-0.05, 0) is 42.7 Å². The van der Waals surface area contributed by atoms with Crippen molar-refractivity contribution in [2.45, 2.75) is 25.4 Å². The van der Waals surface area contributed by atoms with Crippen LogP contribution in [0.15, 0.2) is 48.7 Å². The van der Waals surface area contributed by atoms with Gasteiger partial charge in [0.2, 0.25) is 5.91 Å².